The van der Waals surface area contributed by atoms with Crippen molar-refractivity contribution in [1.82, 2.24) is 0 Å². The highest BCUT2D eigenvalue weighted by Crippen LogP contribution is 2.16. The minimum absolute atomic E-state index is 0. The van der Waals surface area contributed by atoms with E-state index in [0.29, 0.717) is 10.6 Å². The van der Waals surface area contributed by atoms with Gasteiger partial charge in [0.1, 0.15) is 6.04 Å². The summed E-state index contributed by atoms with van der Waals surface area (Å²) < 4.78 is 4.50. The number of nitrogens with two attached hydrogens (primary N) is 1. The summed E-state index contributed by atoms with van der Waals surface area (Å²) in [5, 5.41) is 0.553. The molecule has 5 heteroatoms. The summed E-state index contributed by atoms with van der Waals surface area (Å²) in [6.45, 7) is 0. The minimum atomic E-state index is -0.760. The van der Waals surface area contributed by atoms with Crippen molar-refractivity contribution in [3.05, 3.63) is 34.9 Å². The van der Waals surface area contributed by atoms with Crippen molar-refractivity contribution in [2.75, 3.05) is 7.11 Å². The van der Waals surface area contributed by atoms with Gasteiger partial charge in [0.25, 0.3) is 0 Å². The van der Waals surface area contributed by atoms with Gasteiger partial charge < -0.3 is 10.5 Å². The third kappa shape index (κ3) is 3.18. The van der Waals surface area contributed by atoms with Crippen LogP contribution in [0.4, 0.5) is 0 Å². The lowest BCUT2D eigenvalue weighted by atomic mass is 10.1. The van der Waals surface area contributed by atoms with Crippen molar-refractivity contribution in [3.8, 4) is 0 Å². The first kappa shape index (κ1) is 13.2. The molecule has 0 fully saturated rings. The average molecular weight is 236 g/mol. The molecule has 78 valence electrons. The summed E-state index contributed by atoms with van der Waals surface area (Å²) in [5.41, 5.74) is 6.24. The highest BCUT2D eigenvalue weighted by atomic mass is 35.5. The number of benzene rings is 1. The number of hydrogen-bond acceptors (Lipinski definition) is 3. The van der Waals surface area contributed by atoms with E-state index in [4.69, 9.17) is 17.3 Å². The second kappa shape index (κ2) is 5.86. The number of hydrogen-bond donors (Lipinski definition) is 1. The first-order chi connectivity index (χ1) is 6.15. The molecule has 0 heterocycles. The molecule has 2 N–H and O–H groups in total. The van der Waals surface area contributed by atoms with Crippen molar-refractivity contribution in [1.29, 1.82) is 0 Å². The van der Waals surface area contributed by atoms with Gasteiger partial charge in [-0.05, 0) is 17.7 Å². The average Bonchev–Trinajstić information content (AvgIpc) is 2.15. The second-order valence-corrected chi connectivity index (χ2v) is 2.99. The van der Waals surface area contributed by atoms with E-state index in [-0.39, 0.29) is 12.4 Å². The van der Waals surface area contributed by atoms with Gasteiger partial charge in [-0.25, -0.2) is 0 Å². The Balaban J connectivity index is 0.00000169. The zero-order valence-corrected chi connectivity index (χ0v) is 9.14. The van der Waals surface area contributed by atoms with Crippen LogP contribution in [0.5, 0.6) is 0 Å². The molecule has 0 aliphatic heterocycles. The van der Waals surface area contributed by atoms with Gasteiger partial charge in [-0.2, -0.15) is 0 Å². The Kier molecular flexibility index (Phi) is 5.53. The van der Waals surface area contributed by atoms with Crippen LogP contribution in [0.2, 0.25) is 5.02 Å². The van der Waals surface area contributed by atoms with Crippen LogP contribution < -0.4 is 5.73 Å². The lowest BCUT2D eigenvalue weighted by molar-refractivity contribution is -0.142. The molecular formula is C9H11Cl2NO2. The van der Waals surface area contributed by atoms with E-state index in [0.717, 1.165) is 0 Å². The molecule has 0 amide bonds. The summed E-state index contributed by atoms with van der Waals surface area (Å²) in [6, 6.07) is 6.07. The highest BCUT2D eigenvalue weighted by Gasteiger charge is 2.15. The fourth-order valence-electron chi connectivity index (χ4n) is 0.963. The van der Waals surface area contributed by atoms with Crippen molar-refractivity contribution in [2.24, 2.45) is 5.73 Å². The van der Waals surface area contributed by atoms with Gasteiger partial charge >= 0.3 is 5.97 Å². The topological polar surface area (TPSA) is 52.3 Å². The largest absolute Gasteiger partial charge is 0.468 e. The van der Waals surface area contributed by atoms with Crippen molar-refractivity contribution in [3.63, 3.8) is 0 Å². The molecule has 1 aromatic carbocycles. The van der Waals surface area contributed by atoms with E-state index in [2.05, 4.69) is 4.74 Å². The SMILES string of the molecule is COC(=O)[C@@H](N)c1cccc(Cl)c1.Cl. The number of carbonyl (C=O) groups is 1. The molecule has 0 spiro atoms. The van der Waals surface area contributed by atoms with Crippen molar-refractivity contribution < 1.29 is 9.53 Å². The summed E-state index contributed by atoms with van der Waals surface area (Å²) >= 11 is 5.73. The van der Waals surface area contributed by atoms with E-state index in [9.17, 15) is 4.79 Å². The standard InChI is InChI=1S/C9H10ClNO2.ClH/c1-13-9(12)8(11)6-3-2-4-7(10)5-6;/h2-5,8H,11H2,1H3;1H/t8-;/m0./s1. The fourth-order valence-corrected chi connectivity index (χ4v) is 1.16. The van der Waals surface area contributed by atoms with E-state index in [1.807, 2.05) is 0 Å². The van der Waals surface area contributed by atoms with Crippen molar-refractivity contribution in [2.45, 2.75) is 6.04 Å². The molecule has 0 saturated carbocycles. The van der Waals surface area contributed by atoms with E-state index < -0.39 is 12.0 Å². The molecule has 1 rings (SSSR count). The predicted octanol–water partition coefficient (Wildman–Crippen LogP) is 1.93. The monoisotopic (exact) mass is 235 g/mol. The highest BCUT2D eigenvalue weighted by molar-refractivity contribution is 6.30. The molecule has 0 unspecified atom stereocenters. The third-order valence-electron chi connectivity index (χ3n) is 1.66. The molecule has 0 aliphatic carbocycles. The van der Waals surface area contributed by atoms with Gasteiger partial charge in [-0.3, -0.25) is 4.79 Å². The van der Waals surface area contributed by atoms with Crippen LogP contribution in [-0.4, -0.2) is 13.1 Å². The van der Waals surface area contributed by atoms with Crippen LogP contribution in [0.25, 0.3) is 0 Å². The van der Waals surface area contributed by atoms with Crippen LogP contribution in [-0.2, 0) is 9.53 Å². The van der Waals surface area contributed by atoms with Gasteiger partial charge in [0.05, 0.1) is 7.11 Å². The lowest BCUT2D eigenvalue weighted by Gasteiger charge is -2.08. The number of esters is 1. The molecule has 14 heavy (non-hydrogen) atoms. The summed E-state index contributed by atoms with van der Waals surface area (Å²) in [6.07, 6.45) is 0. The quantitative estimate of drug-likeness (QED) is 0.798. The van der Waals surface area contributed by atoms with Crippen LogP contribution in [0, 0.1) is 0 Å². The maximum Gasteiger partial charge on any atom is 0.327 e. The summed E-state index contributed by atoms with van der Waals surface area (Å²) in [4.78, 5) is 11.0. The van der Waals surface area contributed by atoms with E-state index >= 15 is 0 Å². The van der Waals surface area contributed by atoms with Gasteiger partial charge in [-0.1, -0.05) is 23.7 Å². The van der Waals surface area contributed by atoms with Crippen LogP contribution in [0.3, 0.4) is 0 Å². The minimum Gasteiger partial charge on any atom is -0.468 e. The number of rotatable bonds is 2. The zero-order chi connectivity index (χ0) is 9.84. The maximum atomic E-state index is 11.0. The first-order valence-electron chi connectivity index (χ1n) is 3.74. The Morgan fingerprint density at radius 2 is 2.21 bits per heavy atom. The second-order valence-electron chi connectivity index (χ2n) is 2.56. The Bertz CT molecular complexity index is 317. The van der Waals surface area contributed by atoms with Crippen molar-refractivity contribution >= 4 is 30.0 Å². The molecule has 1 aromatic rings. The van der Waals surface area contributed by atoms with Gasteiger partial charge in [0.2, 0.25) is 0 Å². The Morgan fingerprint density at radius 1 is 1.57 bits per heavy atom. The zero-order valence-electron chi connectivity index (χ0n) is 7.57. The Morgan fingerprint density at radius 3 is 2.71 bits per heavy atom. The first-order valence-corrected chi connectivity index (χ1v) is 4.12. The molecule has 0 radical (unpaired) electrons. The fraction of sp³-hybridized carbons (Fsp3) is 0.222. The summed E-state index contributed by atoms with van der Waals surface area (Å²) in [5.74, 6) is -0.470. The van der Waals surface area contributed by atoms with Gasteiger partial charge in [-0.15, -0.1) is 12.4 Å². The lowest BCUT2D eigenvalue weighted by Crippen LogP contribution is -2.22. The normalized spacial score (nSPS) is 11.4. The molecule has 0 saturated heterocycles. The number of methoxy groups -OCH3 is 1. The molecule has 0 aromatic heterocycles. The Hall–Kier alpha value is -0.770. The van der Waals surface area contributed by atoms with E-state index in [1.54, 1.807) is 24.3 Å². The maximum absolute atomic E-state index is 11.0. The molecule has 1 atom stereocenters. The van der Waals surface area contributed by atoms with E-state index in [1.165, 1.54) is 7.11 Å². The number of halogens is 2. The van der Waals surface area contributed by atoms with Crippen LogP contribution >= 0.6 is 24.0 Å². The molecule has 3 nitrogen and oxygen atoms in total. The number of ether oxygens (including phenoxy) is 1. The summed E-state index contributed by atoms with van der Waals surface area (Å²) in [7, 11) is 1.30. The Labute approximate surface area is 93.6 Å². The molecular weight excluding hydrogens is 225 g/mol. The van der Waals surface area contributed by atoms with Crippen LogP contribution in [0.1, 0.15) is 11.6 Å². The van der Waals surface area contributed by atoms with Gasteiger partial charge in [0.15, 0.2) is 0 Å². The molecule has 0 bridgehead atoms. The van der Waals surface area contributed by atoms with Gasteiger partial charge in [0, 0.05) is 5.02 Å². The molecule has 0 aliphatic rings. The smallest absolute Gasteiger partial charge is 0.327 e. The van der Waals surface area contributed by atoms with Crippen LogP contribution in [0.15, 0.2) is 24.3 Å². The predicted molar refractivity (Wildman–Crippen MR) is 57.6 cm³/mol. The third-order valence-corrected chi connectivity index (χ3v) is 1.90. The number of carbonyl (C=O) groups excluding carboxylic acids is 1.